The Hall–Kier alpha value is -2.34. The van der Waals surface area contributed by atoms with Gasteiger partial charge in [-0.15, -0.1) is 0 Å². The molecule has 1 aliphatic rings. The fraction of sp³-hybridized carbons (Fsp3) is 0.667. The lowest BCUT2D eigenvalue weighted by atomic mass is 9.99. The summed E-state index contributed by atoms with van der Waals surface area (Å²) in [5.41, 5.74) is 1.25. The van der Waals surface area contributed by atoms with Gasteiger partial charge in [0.15, 0.2) is 0 Å². The van der Waals surface area contributed by atoms with Crippen molar-refractivity contribution in [3.05, 3.63) is 33.7 Å². The first-order chi connectivity index (χ1) is 16.9. The monoisotopic (exact) mass is 502 g/mol. The van der Waals surface area contributed by atoms with Crippen LogP contribution >= 0.6 is 0 Å². The third-order valence-corrected chi connectivity index (χ3v) is 6.33. The van der Waals surface area contributed by atoms with E-state index in [1.807, 2.05) is 46.9 Å². The average molecular weight is 503 g/mol. The number of hydrogen-bond acceptors (Lipinski definition) is 5. The Labute approximate surface area is 219 Å². The van der Waals surface area contributed by atoms with Crippen LogP contribution in [0.1, 0.15) is 96.0 Å². The highest BCUT2D eigenvalue weighted by Gasteiger charge is 2.18. The third kappa shape index (κ3) is 11.6. The lowest BCUT2D eigenvalue weighted by Gasteiger charge is -2.23. The maximum Gasteiger partial charge on any atom is 0.306 e. The molecule has 1 heterocycles. The van der Waals surface area contributed by atoms with E-state index in [9.17, 15) is 9.59 Å². The van der Waals surface area contributed by atoms with Crippen molar-refractivity contribution in [3.8, 4) is 0 Å². The molecule has 204 valence electrons. The highest BCUT2D eigenvalue weighted by Crippen LogP contribution is 2.16. The van der Waals surface area contributed by atoms with Gasteiger partial charge in [0.25, 0.3) is 5.91 Å². The van der Waals surface area contributed by atoms with Crippen LogP contribution in [0.3, 0.4) is 0 Å². The molecule has 36 heavy (non-hydrogen) atoms. The fourth-order valence-electron chi connectivity index (χ4n) is 4.32. The second-order valence-corrected chi connectivity index (χ2v) is 10.7. The van der Waals surface area contributed by atoms with Gasteiger partial charge in [0.1, 0.15) is 5.60 Å². The fourth-order valence-corrected chi connectivity index (χ4v) is 4.32. The maximum atomic E-state index is 12.2. The van der Waals surface area contributed by atoms with Crippen molar-refractivity contribution in [2.45, 2.75) is 98.2 Å². The van der Waals surface area contributed by atoms with Crippen LogP contribution in [0.15, 0.2) is 12.1 Å². The smallest absolute Gasteiger partial charge is 0.306 e. The van der Waals surface area contributed by atoms with E-state index in [1.165, 1.54) is 19.3 Å². The molecule has 1 amide bonds. The van der Waals surface area contributed by atoms with Gasteiger partial charge in [0.05, 0.1) is 6.10 Å². The normalized spacial score (nSPS) is 17.0. The van der Waals surface area contributed by atoms with E-state index in [-0.39, 0.29) is 11.9 Å². The van der Waals surface area contributed by atoms with E-state index in [0.717, 1.165) is 48.4 Å². The molecule has 6 heteroatoms. The van der Waals surface area contributed by atoms with Gasteiger partial charge in [-0.25, -0.2) is 0 Å². The molecule has 1 saturated heterocycles. The number of ether oxygens (including phenoxy) is 2. The quantitative estimate of drug-likeness (QED) is 0.507. The maximum absolute atomic E-state index is 12.2. The van der Waals surface area contributed by atoms with E-state index >= 15 is 0 Å². The first kappa shape index (κ1) is 31.7. The van der Waals surface area contributed by atoms with Crippen LogP contribution < -0.4 is 15.8 Å². The molecule has 1 aromatic carbocycles. The first-order valence-corrected chi connectivity index (χ1v) is 13.5. The molecule has 6 nitrogen and oxygen atoms in total. The zero-order valence-corrected chi connectivity index (χ0v) is 24.0. The molecule has 1 fully saturated rings. The number of hydrogen-bond donors (Lipinski definition) is 1. The molecule has 0 aromatic heterocycles. The molecule has 2 unspecified atom stereocenters. The Morgan fingerprint density at radius 3 is 2.44 bits per heavy atom. The molecule has 1 aromatic rings. The summed E-state index contributed by atoms with van der Waals surface area (Å²) < 4.78 is 10.7. The van der Waals surface area contributed by atoms with Gasteiger partial charge in [-0.2, -0.15) is 0 Å². The van der Waals surface area contributed by atoms with Crippen molar-refractivity contribution < 1.29 is 19.1 Å². The van der Waals surface area contributed by atoms with E-state index in [2.05, 4.69) is 36.8 Å². The Bertz CT molecular complexity index is 929. The van der Waals surface area contributed by atoms with Gasteiger partial charge in [-0.05, 0) is 82.6 Å². The van der Waals surface area contributed by atoms with E-state index in [1.54, 1.807) is 7.05 Å². The van der Waals surface area contributed by atoms with Crippen LogP contribution in [0.2, 0.25) is 0 Å². The van der Waals surface area contributed by atoms with E-state index in [0.29, 0.717) is 24.0 Å². The lowest BCUT2D eigenvalue weighted by molar-refractivity contribution is -0.155. The summed E-state index contributed by atoms with van der Waals surface area (Å²) in [5.74, 6) is 0.154. The molecule has 0 bridgehead atoms. The number of nitrogens with one attached hydrogen (secondary N) is 1. The molecular weight excluding hydrogens is 452 g/mol. The number of benzene rings is 1. The van der Waals surface area contributed by atoms with Crippen molar-refractivity contribution in [1.29, 1.82) is 0 Å². The summed E-state index contributed by atoms with van der Waals surface area (Å²) in [5, 5.41) is 4.61. The zero-order chi connectivity index (χ0) is 27.3. The van der Waals surface area contributed by atoms with Crippen molar-refractivity contribution >= 4 is 24.7 Å². The number of carbonyl (C=O) groups excluding carboxylic acids is 2. The van der Waals surface area contributed by atoms with Crippen LogP contribution in [0.4, 0.5) is 0 Å². The van der Waals surface area contributed by atoms with Crippen LogP contribution in [0.25, 0.3) is 12.8 Å². The molecule has 0 saturated carbocycles. The highest BCUT2D eigenvalue weighted by atomic mass is 16.6. The number of carbonyl (C=O) groups is 2. The largest absolute Gasteiger partial charge is 0.460 e. The van der Waals surface area contributed by atoms with Crippen molar-refractivity contribution in [1.82, 2.24) is 10.2 Å². The van der Waals surface area contributed by atoms with E-state index < -0.39 is 5.60 Å². The summed E-state index contributed by atoms with van der Waals surface area (Å²) in [6.45, 7) is 18.0. The molecule has 0 spiro atoms. The van der Waals surface area contributed by atoms with Crippen molar-refractivity contribution in [2.24, 2.45) is 5.92 Å². The van der Waals surface area contributed by atoms with Crippen molar-refractivity contribution in [2.75, 3.05) is 27.2 Å². The minimum atomic E-state index is -0.444. The van der Waals surface area contributed by atoms with Gasteiger partial charge in [0.2, 0.25) is 0 Å². The number of nitrogens with zero attached hydrogens (tertiary/aromatic N) is 1. The summed E-state index contributed by atoms with van der Waals surface area (Å²) >= 11 is 0. The van der Waals surface area contributed by atoms with Crippen LogP contribution in [-0.2, 0) is 20.7 Å². The number of esters is 1. The van der Waals surface area contributed by atoms with Crippen LogP contribution in [0, 0.1) is 5.92 Å². The first-order valence-electron chi connectivity index (χ1n) is 13.5. The van der Waals surface area contributed by atoms with Gasteiger partial charge in [-0.1, -0.05) is 32.9 Å². The van der Waals surface area contributed by atoms with E-state index in [4.69, 9.17) is 9.47 Å². The zero-order valence-electron chi connectivity index (χ0n) is 24.0. The standard InChI is InChI=1S/C24H38N2O3.C6H12O/c1-9-18(12-14-22(27)29-24(4,5)6)15-26(8)16-21-17(3)11-13-20(19(21)10-2)23(28)25-7;1-6-4-2-3-5-7-6/h11,13,16,18H,3,9-10,12,14-15H2,1-2,4-8H3,(H,25,28);6H,2-5H2,1H3/b21-16+;. The van der Waals surface area contributed by atoms with Gasteiger partial charge in [0, 0.05) is 50.6 Å². The SMILES string of the molecule is C=c1ccc(C(=O)NC)c(CC)/c1=C/N(C)CC(CC)CCC(=O)OC(C)(C)C.CC1CCCCO1. The van der Waals surface area contributed by atoms with Crippen molar-refractivity contribution in [3.63, 3.8) is 0 Å². The molecule has 1 aliphatic heterocycles. The lowest BCUT2D eigenvalue weighted by Crippen LogP contribution is -2.35. The number of amides is 1. The minimum absolute atomic E-state index is 0.0806. The van der Waals surface area contributed by atoms with Gasteiger partial charge < -0.3 is 19.7 Å². The molecule has 0 aliphatic carbocycles. The predicted molar refractivity (Wildman–Crippen MR) is 149 cm³/mol. The third-order valence-electron chi connectivity index (χ3n) is 6.33. The van der Waals surface area contributed by atoms with Gasteiger partial charge >= 0.3 is 5.97 Å². The van der Waals surface area contributed by atoms with Crippen LogP contribution in [0.5, 0.6) is 0 Å². The van der Waals surface area contributed by atoms with Crippen LogP contribution in [-0.4, -0.2) is 55.7 Å². The predicted octanol–water partition coefficient (Wildman–Crippen LogP) is 4.41. The molecule has 2 rings (SSSR count). The molecular formula is C30H50N2O4. The second kappa shape index (κ2) is 15.7. The highest BCUT2D eigenvalue weighted by molar-refractivity contribution is 5.95. The summed E-state index contributed by atoms with van der Waals surface area (Å²) in [4.78, 5) is 26.4. The molecule has 0 radical (unpaired) electrons. The summed E-state index contributed by atoms with van der Waals surface area (Å²) in [6.07, 6.45) is 9.46. The molecule has 1 N–H and O–H groups in total. The Kier molecular flexibility index (Phi) is 13.8. The Morgan fingerprint density at radius 1 is 1.28 bits per heavy atom. The number of rotatable bonds is 9. The molecule has 2 atom stereocenters. The Morgan fingerprint density at radius 2 is 1.97 bits per heavy atom. The summed E-state index contributed by atoms with van der Waals surface area (Å²) in [6, 6.07) is 3.73. The summed E-state index contributed by atoms with van der Waals surface area (Å²) in [7, 11) is 3.67. The minimum Gasteiger partial charge on any atom is -0.460 e. The second-order valence-electron chi connectivity index (χ2n) is 10.7. The van der Waals surface area contributed by atoms with Gasteiger partial charge in [-0.3, -0.25) is 9.59 Å². The topological polar surface area (TPSA) is 67.9 Å². The Balaban J connectivity index is 0.000000789. The average Bonchev–Trinajstić information content (AvgIpc) is 2.82.